The van der Waals surface area contributed by atoms with Crippen LogP contribution in [0.25, 0.3) is 0 Å². The van der Waals surface area contributed by atoms with Gasteiger partial charge in [-0.15, -0.1) is 11.3 Å². The minimum absolute atomic E-state index is 0.0503. The van der Waals surface area contributed by atoms with Crippen LogP contribution in [-0.2, 0) is 27.1 Å². The first-order valence-electron chi connectivity index (χ1n) is 11.0. The van der Waals surface area contributed by atoms with Gasteiger partial charge in [0.25, 0.3) is 5.91 Å². The Labute approximate surface area is 177 Å². The van der Waals surface area contributed by atoms with Crippen molar-refractivity contribution in [3.63, 3.8) is 0 Å². The van der Waals surface area contributed by atoms with Crippen LogP contribution in [0.4, 0.5) is 5.00 Å². The van der Waals surface area contributed by atoms with Gasteiger partial charge in [-0.2, -0.15) is 0 Å². The number of nitrogens with two attached hydrogens (primary N) is 1. The van der Waals surface area contributed by atoms with Crippen LogP contribution < -0.4 is 15.5 Å². The van der Waals surface area contributed by atoms with Crippen molar-refractivity contribution >= 4 is 28.2 Å². The number of quaternary nitrogens is 2. The molecule has 1 aliphatic heterocycles. The second-order valence-electron chi connectivity index (χ2n) is 7.78. The molecule has 4 N–H and O–H groups in total. The zero-order chi connectivity index (χ0) is 20.5. The molecule has 2 aliphatic rings. The van der Waals surface area contributed by atoms with Crippen LogP contribution in [0.15, 0.2) is 0 Å². The van der Waals surface area contributed by atoms with E-state index in [1.807, 2.05) is 6.92 Å². The van der Waals surface area contributed by atoms with Crippen LogP contribution >= 0.6 is 11.3 Å². The van der Waals surface area contributed by atoms with Crippen molar-refractivity contribution in [2.45, 2.75) is 45.4 Å². The van der Waals surface area contributed by atoms with Crippen molar-refractivity contribution in [3.8, 4) is 0 Å². The third kappa shape index (κ3) is 6.50. The number of carbonyl (C=O) groups excluding carboxylic acids is 2. The second-order valence-corrected chi connectivity index (χ2v) is 8.89. The Morgan fingerprint density at radius 3 is 2.79 bits per heavy atom. The molecule has 0 spiro atoms. The first-order valence-corrected chi connectivity index (χ1v) is 11.8. The van der Waals surface area contributed by atoms with Crippen LogP contribution in [0, 0.1) is 0 Å². The third-order valence-corrected chi connectivity index (χ3v) is 6.83. The highest BCUT2D eigenvalue weighted by Crippen LogP contribution is 2.37. The van der Waals surface area contributed by atoms with Crippen LogP contribution in [-0.4, -0.2) is 64.4 Å². The van der Waals surface area contributed by atoms with E-state index in [0.717, 1.165) is 77.1 Å². The molecule has 1 aromatic rings. The number of fused-ring (bicyclic) bond motifs is 1. The van der Waals surface area contributed by atoms with Crippen molar-refractivity contribution in [1.29, 1.82) is 0 Å². The number of morpholine rings is 1. The van der Waals surface area contributed by atoms with E-state index in [9.17, 15) is 9.59 Å². The van der Waals surface area contributed by atoms with Gasteiger partial charge in [-0.1, -0.05) is 6.42 Å². The summed E-state index contributed by atoms with van der Waals surface area (Å²) in [5.41, 5.74) is 1.69. The highest BCUT2D eigenvalue weighted by Gasteiger charge is 2.26. The number of nitrogens with one attached hydrogen (secondary N) is 2. The van der Waals surface area contributed by atoms with Gasteiger partial charge in [0.1, 0.15) is 18.1 Å². The number of carbonyl (C=O) groups is 2. The third-order valence-electron chi connectivity index (χ3n) is 5.62. The lowest BCUT2D eigenvalue weighted by molar-refractivity contribution is -0.909. The van der Waals surface area contributed by atoms with E-state index in [4.69, 9.17) is 9.47 Å². The summed E-state index contributed by atoms with van der Waals surface area (Å²) in [6.45, 7) is 8.48. The minimum Gasteiger partial charge on any atom is -0.462 e. The molecule has 0 bridgehead atoms. The van der Waals surface area contributed by atoms with Gasteiger partial charge in [0.05, 0.1) is 38.5 Å². The van der Waals surface area contributed by atoms with Crippen LogP contribution in [0.2, 0.25) is 0 Å². The summed E-state index contributed by atoms with van der Waals surface area (Å²) in [5, 5.41) is 5.72. The molecule has 2 heterocycles. The summed E-state index contributed by atoms with van der Waals surface area (Å²) in [4.78, 5) is 27.9. The van der Waals surface area contributed by atoms with Gasteiger partial charge in [0, 0.05) is 11.3 Å². The van der Waals surface area contributed by atoms with Gasteiger partial charge in [0.15, 0.2) is 6.54 Å². The van der Waals surface area contributed by atoms with Gasteiger partial charge in [0.2, 0.25) is 0 Å². The van der Waals surface area contributed by atoms with Crippen LogP contribution in [0.1, 0.15) is 53.4 Å². The minimum atomic E-state index is -0.306. The summed E-state index contributed by atoms with van der Waals surface area (Å²) in [6, 6.07) is 0. The van der Waals surface area contributed by atoms with E-state index in [1.54, 1.807) is 16.2 Å². The van der Waals surface area contributed by atoms with E-state index < -0.39 is 0 Å². The molecule has 1 saturated heterocycles. The van der Waals surface area contributed by atoms with E-state index in [-0.39, 0.29) is 11.9 Å². The molecule has 3 rings (SSSR count). The summed E-state index contributed by atoms with van der Waals surface area (Å²) in [6.07, 6.45) is 6.38. The largest absolute Gasteiger partial charge is 0.462 e. The Kier molecular flexibility index (Phi) is 8.92. The summed E-state index contributed by atoms with van der Waals surface area (Å²) < 4.78 is 10.7. The molecule has 0 radical (unpaired) electrons. The van der Waals surface area contributed by atoms with E-state index in [1.165, 1.54) is 11.3 Å². The molecule has 1 fully saturated rings. The predicted molar refractivity (Wildman–Crippen MR) is 113 cm³/mol. The first kappa shape index (κ1) is 22.2. The Hall–Kier alpha value is -1.48. The fourth-order valence-electron chi connectivity index (χ4n) is 4.07. The number of aryl methyl sites for hydroxylation is 1. The zero-order valence-electron chi connectivity index (χ0n) is 17.5. The maximum absolute atomic E-state index is 12.6. The number of ether oxygens (including phenoxy) is 2. The molecule has 1 aromatic heterocycles. The standard InChI is InChI=1S/C21H33N3O4S/c1-2-28-21(26)19-16-7-4-3-5-8-17(16)29-20(19)23-18(25)15-22-9-6-10-24-11-13-27-14-12-24/h22H,2-15H2,1H3,(H,23,25)/p+2. The molecular formula is C21H35N3O4S+2. The molecule has 0 unspecified atom stereocenters. The maximum atomic E-state index is 12.6. The van der Waals surface area contributed by atoms with Crippen LogP contribution in [0.5, 0.6) is 0 Å². The van der Waals surface area contributed by atoms with Gasteiger partial charge in [-0.25, -0.2) is 4.79 Å². The van der Waals surface area contributed by atoms with Gasteiger partial charge < -0.3 is 25.0 Å². The molecule has 1 amide bonds. The van der Waals surface area contributed by atoms with E-state index >= 15 is 0 Å². The molecule has 0 saturated carbocycles. The van der Waals surface area contributed by atoms with E-state index in [2.05, 4.69) is 10.6 Å². The number of anilines is 1. The second kappa shape index (κ2) is 11.6. The van der Waals surface area contributed by atoms with Crippen molar-refractivity contribution in [3.05, 3.63) is 16.0 Å². The number of rotatable bonds is 9. The number of hydrogen-bond donors (Lipinski definition) is 3. The summed E-state index contributed by atoms with van der Waals surface area (Å²) in [5.74, 6) is -0.356. The Morgan fingerprint density at radius 1 is 1.21 bits per heavy atom. The lowest BCUT2D eigenvalue weighted by Crippen LogP contribution is -3.14. The lowest BCUT2D eigenvalue weighted by Gasteiger charge is -2.23. The summed E-state index contributed by atoms with van der Waals surface area (Å²) in [7, 11) is 0. The van der Waals surface area contributed by atoms with Gasteiger partial charge in [-0.05, 0) is 38.2 Å². The van der Waals surface area contributed by atoms with Gasteiger partial charge >= 0.3 is 5.97 Å². The molecular weight excluding hydrogens is 390 g/mol. The number of esters is 1. The first-order chi connectivity index (χ1) is 14.2. The monoisotopic (exact) mass is 425 g/mol. The van der Waals surface area contributed by atoms with Crippen LogP contribution in [0.3, 0.4) is 0 Å². The Balaban J connectivity index is 1.50. The molecule has 162 valence electrons. The highest BCUT2D eigenvalue weighted by atomic mass is 32.1. The number of hydrogen-bond acceptors (Lipinski definition) is 5. The normalized spacial score (nSPS) is 17.4. The molecule has 0 aromatic carbocycles. The topological polar surface area (TPSA) is 85.7 Å². The predicted octanol–water partition coefficient (Wildman–Crippen LogP) is 0.000800. The maximum Gasteiger partial charge on any atom is 0.341 e. The quantitative estimate of drug-likeness (QED) is 0.295. The van der Waals surface area contributed by atoms with E-state index in [0.29, 0.717) is 23.7 Å². The fraction of sp³-hybridized carbons (Fsp3) is 0.714. The lowest BCUT2D eigenvalue weighted by atomic mass is 10.1. The molecule has 29 heavy (non-hydrogen) atoms. The van der Waals surface area contributed by atoms with Gasteiger partial charge in [-0.3, -0.25) is 4.79 Å². The Bertz CT molecular complexity index is 686. The average molecular weight is 426 g/mol. The smallest absolute Gasteiger partial charge is 0.341 e. The number of thiophene rings is 1. The molecule has 8 heteroatoms. The number of amides is 1. The molecule has 1 aliphatic carbocycles. The van der Waals surface area contributed by atoms with Crippen molar-refractivity contribution in [1.82, 2.24) is 0 Å². The molecule has 7 nitrogen and oxygen atoms in total. The summed E-state index contributed by atoms with van der Waals surface area (Å²) >= 11 is 1.56. The van der Waals surface area contributed by atoms with Crippen molar-refractivity contribution in [2.75, 3.05) is 57.9 Å². The Morgan fingerprint density at radius 2 is 2.00 bits per heavy atom. The van der Waals surface area contributed by atoms with Crippen molar-refractivity contribution in [2.24, 2.45) is 0 Å². The fourth-order valence-corrected chi connectivity index (χ4v) is 5.36. The SMILES string of the molecule is CCOC(=O)c1c(NC(=O)C[NH2+]CCC[NH+]2CCOCC2)sc2c1CCCCC2. The molecule has 0 atom stereocenters. The average Bonchev–Trinajstić information content (AvgIpc) is 2.89. The van der Waals surface area contributed by atoms with Crippen molar-refractivity contribution < 1.29 is 29.3 Å². The highest BCUT2D eigenvalue weighted by molar-refractivity contribution is 7.17. The zero-order valence-corrected chi connectivity index (χ0v) is 18.3.